The maximum Gasteiger partial charge on any atom is 0.183 e. The lowest BCUT2D eigenvalue weighted by atomic mass is 10.2. The number of methoxy groups -OCH3 is 1. The fraction of sp³-hybridized carbons (Fsp3) is 0.308. The van der Waals surface area contributed by atoms with Crippen LogP contribution in [0.2, 0.25) is 0 Å². The van der Waals surface area contributed by atoms with Gasteiger partial charge in [-0.3, -0.25) is 0 Å². The van der Waals surface area contributed by atoms with Crippen molar-refractivity contribution in [2.75, 3.05) is 19.0 Å². The number of halogens is 1. The largest absolute Gasteiger partial charge is 0.383 e. The molecule has 0 aliphatic rings. The Bertz CT molecular complexity index is 498. The van der Waals surface area contributed by atoms with E-state index < -0.39 is 0 Å². The summed E-state index contributed by atoms with van der Waals surface area (Å²) in [7, 11) is 1.67. The molecule has 96 valence electrons. The van der Waals surface area contributed by atoms with Gasteiger partial charge in [0.05, 0.1) is 12.3 Å². The summed E-state index contributed by atoms with van der Waals surface area (Å²) >= 11 is 1.53. The quantitative estimate of drug-likeness (QED) is 0.900. The third-order valence-corrected chi connectivity index (χ3v) is 3.20. The summed E-state index contributed by atoms with van der Waals surface area (Å²) in [6.45, 7) is 2.66. The van der Waals surface area contributed by atoms with Gasteiger partial charge in [0.2, 0.25) is 0 Å². The highest BCUT2D eigenvalue weighted by molar-refractivity contribution is 7.14. The van der Waals surface area contributed by atoms with Crippen LogP contribution in [0.3, 0.4) is 0 Å². The standard InChI is InChI=1S/C13H15FN2OS/c1-9(7-17-2)15-13-16-12(8-18-13)10-3-5-11(14)6-4-10/h3-6,8-9H,7H2,1-2H3,(H,15,16). The molecule has 1 unspecified atom stereocenters. The van der Waals surface area contributed by atoms with Crippen molar-refractivity contribution in [1.82, 2.24) is 4.98 Å². The second kappa shape index (κ2) is 5.93. The van der Waals surface area contributed by atoms with Crippen LogP contribution in [0, 0.1) is 5.82 Å². The highest BCUT2D eigenvalue weighted by Crippen LogP contribution is 2.25. The Morgan fingerprint density at radius 3 is 2.78 bits per heavy atom. The van der Waals surface area contributed by atoms with E-state index in [1.165, 1.54) is 23.5 Å². The number of thiazole rings is 1. The SMILES string of the molecule is COCC(C)Nc1nc(-c2ccc(F)cc2)cs1. The zero-order valence-electron chi connectivity index (χ0n) is 10.3. The van der Waals surface area contributed by atoms with Crippen molar-refractivity contribution in [3.63, 3.8) is 0 Å². The van der Waals surface area contributed by atoms with Crippen LogP contribution in [-0.4, -0.2) is 24.7 Å². The molecule has 0 amide bonds. The molecule has 2 aromatic rings. The molecule has 0 spiro atoms. The lowest BCUT2D eigenvalue weighted by Gasteiger charge is -2.10. The first-order valence-corrected chi connectivity index (χ1v) is 6.54. The molecule has 5 heteroatoms. The summed E-state index contributed by atoms with van der Waals surface area (Å²) in [5.74, 6) is -0.235. The van der Waals surface area contributed by atoms with Gasteiger partial charge in [-0.05, 0) is 31.2 Å². The van der Waals surface area contributed by atoms with E-state index >= 15 is 0 Å². The lowest BCUT2D eigenvalue weighted by molar-refractivity contribution is 0.190. The van der Waals surface area contributed by atoms with Crippen LogP contribution in [0.1, 0.15) is 6.92 Å². The Labute approximate surface area is 110 Å². The smallest absolute Gasteiger partial charge is 0.183 e. The molecule has 0 fully saturated rings. The normalized spacial score (nSPS) is 12.4. The summed E-state index contributed by atoms with van der Waals surface area (Å²) in [6.07, 6.45) is 0. The number of nitrogens with zero attached hydrogens (tertiary/aromatic N) is 1. The minimum atomic E-state index is -0.235. The van der Waals surface area contributed by atoms with Crippen molar-refractivity contribution in [2.24, 2.45) is 0 Å². The van der Waals surface area contributed by atoms with Gasteiger partial charge in [0.25, 0.3) is 0 Å². The van der Waals surface area contributed by atoms with Gasteiger partial charge in [0.15, 0.2) is 5.13 Å². The first kappa shape index (κ1) is 13.0. The van der Waals surface area contributed by atoms with Crippen molar-refractivity contribution in [1.29, 1.82) is 0 Å². The fourth-order valence-electron chi connectivity index (χ4n) is 1.60. The molecule has 1 heterocycles. The zero-order valence-corrected chi connectivity index (χ0v) is 11.1. The molecule has 0 bridgehead atoms. The van der Waals surface area contributed by atoms with Gasteiger partial charge in [-0.1, -0.05) is 0 Å². The summed E-state index contributed by atoms with van der Waals surface area (Å²) in [5, 5.41) is 6.05. The van der Waals surface area contributed by atoms with Gasteiger partial charge < -0.3 is 10.1 Å². The summed E-state index contributed by atoms with van der Waals surface area (Å²) in [4.78, 5) is 4.46. The van der Waals surface area contributed by atoms with Gasteiger partial charge in [-0.15, -0.1) is 11.3 Å². The maximum atomic E-state index is 12.8. The summed E-state index contributed by atoms with van der Waals surface area (Å²) < 4.78 is 17.9. The van der Waals surface area contributed by atoms with Crippen LogP contribution < -0.4 is 5.32 Å². The molecule has 2 rings (SSSR count). The Kier molecular flexibility index (Phi) is 4.28. The molecule has 0 aliphatic carbocycles. The van der Waals surface area contributed by atoms with E-state index in [1.807, 2.05) is 12.3 Å². The average molecular weight is 266 g/mol. The first-order valence-electron chi connectivity index (χ1n) is 5.66. The summed E-state index contributed by atoms with van der Waals surface area (Å²) in [6, 6.07) is 6.55. The number of ether oxygens (including phenoxy) is 1. The molecule has 1 aromatic heterocycles. The topological polar surface area (TPSA) is 34.1 Å². The monoisotopic (exact) mass is 266 g/mol. The van der Waals surface area contributed by atoms with Crippen LogP contribution in [0.25, 0.3) is 11.3 Å². The van der Waals surface area contributed by atoms with E-state index in [-0.39, 0.29) is 11.9 Å². The minimum Gasteiger partial charge on any atom is -0.383 e. The number of rotatable bonds is 5. The van der Waals surface area contributed by atoms with Gasteiger partial charge in [0.1, 0.15) is 5.82 Å². The molecule has 1 aromatic carbocycles. The Morgan fingerprint density at radius 2 is 2.11 bits per heavy atom. The van der Waals surface area contributed by atoms with Crippen LogP contribution in [0.4, 0.5) is 9.52 Å². The van der Waals surface area contributed by atoms with Crippen LogP contribution in [-0.2, 0) is 4.74 Å². The molecule has 0 radical (unpaired) electrons. The maximum absolute atomic E-state index is 12.8. The number of hydrogen-bond acceptors (Lipinski definition) is 4. The first-order chi connectivity index (χ1) is 8.69. The fourth-order valence-corrected chi connectivity index (χ4v) is 2.43. The van der Waals surface area contributed by atoms with Crippen molar-refractivity contribution >= 4 is 16.5 Å². The van der Waals surface area contributed by atoms with Crippen molar-refractivity contribution in [2.45, 2.75) is 13.0 Å². The molecule has 3 nitrogen and oxygen atoms in total. The van der Waals surface area contributed by atoms with Gasteiger partial charge in [0, 0.05) is 24.1 Å². The molecule has 18 heavy (non-hydrogen) atoms. The Hall–Kier alpha value is -1.46. The number of hydrogen-bond donors (Lipinski definition) is 1. The number of nitrogens with one attached hydrogen (secondary N) is 1. The Balaban J connectivity index is 2.08. The van der Waals surface area contributed by atoms with E-state index in [9.17, 15) is 4.39 Å². The molecular formula is C13H15FN2OS. The molecular weight excluding hydrogens is 251 g/mol. The van der Waals surface area contributed by atoms with Crippen molar-refractivity contribution < 1.29 is 9.13 Å². The third kappa shape index (κ3) is 3.27. The average Bonchev–Trinajstić information content (AvgIpc) is 2.78. The van der Waals surface area contributed by atoms with Crippen molar-refractivity contribution in [3.8, 4) is 11.3 Å². The Morgan fingerprint density at radius 1 is 1.39 bits per heavy atom. The number of benzene rings is 1. The number of aromatic nitrogens is 1. The number of anilines is 1. The summed E-state index contributed by atoms with van der Waals surface area (Å²) in [5.41, 5.74) is 1.77. The van der Waals surface area contributed by atoms with Gasteiger partial charge in [-0.2, -0.15) is 0 Å². The van der Waals surface area contributed by atoms with E-state index in [4.69, 9.17) is 4.74 Å². The van der Waals surface area contributed by atoms with Gasteiger partial charge in [-0.25, -0.2) is 9.37 Å². The third-order valence-electron chi connectivity index (χ3n) is 2.43. The minimum absolute atomic E-state index is 0.210. The lowest BCUT2D eigenvalue weighted by Crippen LogP contribution is -2.20. The highest BCUT2D eigenvalue weighted by Gasteiger charge is 2.07. The molecule has 1 N–H and O–H groups in total. The second-order valence-electron chi connectivity index (χ2n) is 4.05. The molecule has 0 saturated heterocycles. The predicted molar refractivity (Wildman–Crippen MR) is 72.5 cm³/mol. The van der Waals surface area contributed by atoms with Crippen LogP contribution in [0.5, 0.6) is 0 Å². The second-order valence-corrected chi connectivity index (χ2v) is 4.90. The van der Waals surface area contributed by atoms with Crippen LogP contribution in [0.15, 0.2) is 29.6 Å². The molecule has 1 atom stereocenters. The van der Waals surface area contributed by atoms with E-state index in [1.54, 1.807) is 19.2 Å². The highest BCUT2D eigenvalue weighted by atomic mass is 32.1. The zero-order chi connectivity index (χ0) is 13.0. The van der Waals surface area contributed by atoms with E-state index in [0.717, 1.165) is 16.4 Å². The van der Waals surface area contributed by atoms with Crippen molar-refractivity contribution in [3.05, 3.63) is 35.5 Å². The van der Waals surface area contributed by atoms with Gasteiger partial charge >= 0.3 is 0 Å². The van der Waals surface area contributed by atoms with E-state index in [2.05, 4.69) is 10.3 Å². The molecule has 0 aliphatic heterocycles. The predicted octanol–water partition coefficient (Wildman–Crippen LogP) is 3.40. The molecule has 0 saturated carbocycles. The van der Waals surface area contributed by atoms with E-state index in [0.29, 0.717) is 6.61 Å². The van der Waals surface area contributed by atoms with Crippen LogP contribution >= 0.6 is 11.3 Å².